The first-order valence-corrected chi connectivity index (χ1v) is 8.80. The number of aliphatic hydroxyl groups is 1. The first kappa shape index (κ1) is 17.7. The molecule has 0 spiro atoms. The average molecular weight is 346 g/mol. The molecule has 1 N–H and O–H groups in total. The number of ether oxygens (including phenoxy) is 1. The molecule has 136 valence electrons. The highest BCUT2D eigenvalue weighted by molar-refractivity contribution is 5.88. The maximum Gasteiger partial charge on any atom is 0.410 e. The lowest BCUT2D eigenvalue weighted by atomic mass is 9.89. The molecule has 1 aromatic rings. The predicted octanol–water partition coefficient (Wildman–Crippen LogP) is 2.16. The van der Waals surface area contributed by atoms with Crippen LogP contribution in [0, 0.1) is 0 Å². The molecule has 3 rings (SSSR count). The van der Waals surface area contributed by atoms with Crippen molar-refractivity contribution >= 4 is 12.0 Å². The van der Waals surface area contributed by atoms with Gasteiger partial charge in [-0.25, -0.2) is 4.79 Å². The Kier molecular flexibility index (Phi) is 4.73. The lowest BCUT2D eigenvalue weighted by Gasteiger charge is -2.49. The number of β-lactam (4-membered cyclic amide) rings is 1. The third-order valence-electron chi connectivity index (χ3n) is 4.74. The molecule has 2 saturated heterocycles. The van der Waals surface area contributed by atoms with Crippen molar-refractivity contribution < 1.29 is 19.4 Å². The molecule has 2 amide bonds. The molecule has 0 aromatic heterocycles. The second-order valence-corrected chi connectivity index (χ2v) is 7.77. The van der Waals surface area contributed by atoms with Crippen molar-refractivity contribution in [3.05, 3.63) is 35.9 Å². The van der Waals surface area contributed by atoms with Gasteiger partial charge in [0.2, 0.25) is 0 Å². The Balaban J connectivity index is 1.74. The highest BCUT2D eigenvalue weighted by Gasteiger charge is 2.53. The minimum absolute atomic E-state index is 0.203. The summed E-state index contributed by atoms with van der Waals surface area (Å²) in [6, 6.07) is 9.11. The summed E-state index contributed by atoms with van der Waals surface area (Å²) in [7, 11) is 0. The van der Waals surface area contributed by atoms with Gasteiger partial charge in [-0.15, -0.1) is 0 Å². The number of nitrogens with zero attached hydrogens (tertiary/aromatic N) is 2. The van der Waals surface area contributed by atoms with Gasteiger partial charge in [-0.05, 0) is 39.2 Å². The first-order valence-electron chi connectivity index (χ1n) is 8.80. The van der Waals surface area contributed by atoms with Gasteiger partial charge in [0.1, 0.15) is 5.60 Å². The molecule has 0 saturated carbocycles. The molecule has 2 heterocycles. The van der Waals surface area contributed by atoms with Crippen LogP contribution >= 0.6 is 0 Å². The molecule has 6 heteroatoms. The van der Waals surface area contributed by atoms with Gasteiger partial charge in [-0.1, -0.05) is 30.3 Å². The lowest BCUT2D eigenvalue weighted by Crippen LogP contribution is -2.70. The molecule has 2 fully saturated rings. The van der Waals surface area contributed by atoms with E-state index in [2.05, 4.69) is 0 Å². The molecule has 6 nitrogen and oxygen atoms in total. The van der Waals surface area contributed by atoms with Crippen LogP contribution in [0.1, 0.15) is 39.2 Å². The Morgan fingerprint density at radius 2 is 1.96 bits per heavy atom. The Morgan fingerprint density at radius 3 is 2.60 bits per heavy atom. The smallest absolute Gasteiger partial charge is 0.410 e. The fourth-order valence-electron chi connectivity index (χ4n) is 3.63. The van der Waals surface area contributed by atoms with Crippen LogP contribution in [0.5, 0.6) is 0 Å². The van der Waals surface area contributed by atoms with Gasteiger partial charge in [-0.2, -0.15) is 0 Å². The zero-order valence-electron chi connectivity index (χ0n) is 15.0. The topological polar surface area (TPSA) is 70.1 Å². The normalized spacial score (nSPS) is 26.6. The molecule has 0 unspecified atom stereocenters. The first-order chi connectivity index (χ1) is 11.8. The fourth-order valence-corrected chi connectivity index (χ4v) is 3.63. The van der Waals surface area contributed by atoms with Gasteiger partial charge in [0.25, 0.3) is 5.91 Å². The van der Waals surface area contributed by atoms with E-state index in [0.717, 1.165) is 18.4 Å². The zero-order valence-corrected chi connectivity index (χ0v) is 15.0. The van der Waals surface area contributed by atoms with E-state index in [4.69, 9.17) is 4.74 Å². The minimum atomic E-state index is -1.04. The molecule has 1 aromatic carbocycles. The second kappa shape index (κ2) is 6.67. The highest BCUT2D eigenvalue weighted by Crippen LogP contribution is 2.34. The molecule has 2 aliphatic heterocycles. The number of likely N-dealkylation sites (tertiary alicyclic amines) is 2. The van der Waals surface area contributed by atoms with Crippen LogP contribution in [0.4, 0.5) is 4.79 Å². The third kappa shape index (κ3) is 3.63. The van der Waals surface area contributed by atoms with Gasteiger partial charge in [0.05, 0.1) is 12.1 Å². The zero-order chi connectivity index (χ0) is 18.2. The Bertz CT molecular complexity index is 641. The van der Waals surface area contributed by atoms with Crippen molar-refractivity contribution in [3.63, 3.8) is 0 Å². The van der Waals surface area contributed by atoms with Crippen molar-refractivity contribution in [2.75, 3.05) is 6.54 Å². The largest absolute Gasteiger partial charge is 0.444 e. The van der Waals surface area contributed by atoms with E-state index in [0.29, 0.717) is 13.1 Å². The number of carbonyl (C=O) groups is 2. The maximum atomic E-state index is 12.5. The third-order valence-corrected chi connectivity index (χ3v) is 4.74. The van der Waals surface area contributed by atoms with E-state index in [1.165, 1.54) is 0 Å². The number of aliphatic hydroxyl groups excluding tert-OH is 1. The van der Waals surface area contributed by atoms with E-state index >= 15 is 0 Å². The van der Waals surface area contributed by atoms with Crippen molar-refractivity contribution in [1.82, 2.24) is 9.80 Å². The van der Waals surface area contributed by atoms with Crippen LogP contribution in [0.25, 0.3) is 0 Å². The van der Waals surface area contributed by atoms with Gasteiger partial charge in [-0.3, -0.25) is 4.79 Å². The van der Waals surface area contributed by atoms with E-state index in [1.54, 1.807) is 9.80 Å². The van der Waals surface area contributed by atoms with Gasteiger partial charge < -0.3 is 19.6 Å². The maximum absolute atomic E-state index is 12.5. The summed E-state index contributed by atoms with van der Waals surface area (Å²) < 4.78 is 5.49. The van der Waals surface area contributed by atoms with Crippen LogP contribution in [-0.2, 0) is 16.1 Å². The van der Waals surface area contributed by atoms with E-state index in [9.17, 15) is 14.7 Å². The molecule has 0 bridgehead atoms. The highest BCUT2D eigenvalue weighted by atomic mass is 16.6. The summed E-state index contributed by atoms with van der Waals surface area (Å²) in [4.78, 5) is 28.0. The number of hydrogen-bond donors (Lipinski definition) is 1. The van der Waals surface area contributed by atoms with Crippen LogP contribution in [0.3, 0.4) is 0 Å². The summed E-state index contributed by atoms with van der Waals surface area (Å²) in [6.07, 6.45) is 0.193. The number of amides is 2. The molecule has 3 atom stereocenters. The average Bonchev–Trinajstić information content (AvgIpc) is 3.02. The Hall–Kier alpha value is -2.08. The van der Waals surface area contributed by atoms with Crippen LogP contribution in [-0.4, -0.2) is 57.2 Å². The Labute approximate surface area is 148 Å². The van der Waals surface area contributed by atoms with Gasteiger partial charge >= 0.3 is 6.09 Å². The number of benzene rings is 1. The van der Waals surface area contributed by atoms with Gasteiger partial charge in [0.15, 0.2) is 6.10 Å². The number of hydrogen-bond acceptors (Lipinski definition) is 4. The summed E-state index contributed by atoms with van der Waals surface area (Å²) in [5.41, 5.74) is 0.441. The van der Waals surface area contributed by atoms with Crippen molar-refractivity contribution in [2.45, 2.75) is 63.9 Å². The van der Waals surface area contributed by atoms with Crippen LogP contribution in [0.2, 0.25) is 0 Å². The predicted molar refractivity (Wildman–Crippen MR) is 92.7 cm³/mol. The summed E-state index contributed by atoms with van der Waals surface area (Å²) in [5.74, 6) is -0.273. The lowest BCUT2D eigenvalue weighted by molar-refractivity contribution is -0.173. The van der Waals surface area contributed by atoms with Crippen molar-refractivity contribution in [2.24, 2.45) is 0 Å². The minimum Gasteiger partial charge on any atom is -0.444 e. The molecule has 25 heavy (non-hydrogen) atoms. The van der Waals surface area contributed by atoms with Crippen molar-refractivity contribution in [3.8, 4) is 0 Å². The summed E-state index contributed by atoms with van der Waals surface area (Å²) >= 11 is 0. The van der Waals surface area contributed by atoms with Gasteiger partial charge in [0, 0.05) is 13.1 Å². The monoisotopic (exact) mass is 346 g/mol. The summed E-state index contributed by atoms with van der Waals surface area (Å²) in [6.45, 7) is 6.54. The van der Waals surface area contributed by atoms with Crippen LogP contribution < -0.4 is 0 Å². The fraction of sp³-hybridized carbons (Fsp3) is 0.579. The van der Waals surface area contributed by atoms with E-state index < -0.39 is 11.7 Å². The molecule has 0 radical (unpaired) electrons. The molecular formula is C19H26N2O4. The molecule has 0 aliphatic carbocycles. The SMILES string of the molecule is CC(C)(C)OC(=O)N1CCC[C@H]1[C@@H]1[C@H](O)C(=O)N1Cc1ccccc1. The Morgan fingerprint density at radius 1 is 1.28 bits per heavy atom. The number of carbonyl (C=O) groups excluding carboxylic acids is 2. The summed E-state index contributed by atoms with van der Waals surface area (Å²) in [5, 5.41) is 10.2. The number of rotatable bonds is 3. The quantitative estimate of drug-likeness (QED) is 0.852. The van der Waals surface area contributed by atoms with Crippen molar-refractivity contribution in [1.29, 1.82) is 0 Å². The standard InChI is InChI=1S/C19H26N2O4/c1-19(2,3)25-18(24)20-11-7-10-14(20)15-16(22)17(23)21(15)12-13-8-5-4-6-9-13/h4-6,8-9,14-16,22H,7,10-12H2,1-3H3/t14-,15+,16-/m0/s1. The van der Waals surface area contributed by atoms with E-state index in [-0.39, 0.29) is 24.1 Å². The molecule has 2 aliphatic rings. The van der Waals surface area contributed by atoms with Crippen LogP contribution in [0.15, 0.2) is 30.3 Å². The van der Waals surface area contributed by atoms with E-state index in [1.807, 2.05) is 51.1 Å². The molecular weight excluding hydrogens is 320 g/mol. The second-order valence-electron chi connectivity index (χ2n) is 7.77.